The van der Waals surface area contributed by atoms with Crippen LogP contribution in [0.5, 0.6) is 0 Å². The van der Waals surface area contributed by atoms with E-state index in [-0.39, 0.29) is 0 Å². The fraction of sp³-hybridized carbons (Fsp3) is 0.0909. The molecule has 0 aromatic carbocycles. The zero-order valence-corrected chi connectivity index (χ0v) is 7.94. The highest BCUT2D eigenvalue weighted by Crippen LogP contribution is 2.22. The Labute approximate surface area is 82.6 Å². The van der Waals surface area contributed by atoms with Gasteiger partial charge in [0, 0.05) is 23.5 Å². The zero-order valence-electron chi connectivity index (χ0n) is 7.94. The number of hydrogen-bond acceptors (Lipinski definition) is 3. The van der Waals surface area contributed by atoms with E-state index in [4.69, 9.17) is 5.73 Å². The molecule has 2 N–H and O–H groups in total. The predicted molar refractivity (Wildman–Crippen MR) is 56.6 cm³/mol. The second-order valence-electron chi connectivity index (χ2n) is 3.08. The van der Waals surface area contributed by atoms with Crippen LogP contribution in [0.25, 0.3) is 11.3 Å². The second-order valence-corrected chi connectivity index (χ2v) is 3.08. The van der Waals surface area contributed by atoms with Gasteiger partial charge in [0.15, 0.2) is 0 Å². The summed E-state index contributed by atoms with van der Waals surface area (Å²) in [4.78, 5) is 8.28. The molecule has 0 bridgehead atoms. The Bertz CT molecular complexity index is 438. The van der Waals surface area contributed by atoms with E-state index in [1.54, 1.807) is 12.4 Å². The van der Waals surface area contributed by atoms with Crippen molar-refractivity contribution in [2.45, 2.75) is 6.92 Å². The average Bonchev–Trinajstić information content (AvgIpc) is 2.23. The van der Waals surface area contributed by atoms with Gasteiger partial charge >= 0.3 is 0 Å². The maximum Gasteiger partial charge on any atom is 0.126 e. The molecule has 2 aromatic heterocycles. The van der Waals surface area contributed by atoms with Crippen LogP contribution in [0.1, 0.15) is 5.56 Å². The number of nitrogens with two attached hydrogens (primary N) is 1. The van der Waals surface area contributed by atoms with Crippen LogP contribution >= 0.6 is 0 Å². The van der Waals surface area contributed by atoms with Crippen LogP contribution < -0.4 is 5.73 Å². The van der Waals surface area contributed by atoms with Crippen molar-refractivity contribution >= 4 is 5.82 Å². The third kappa shape index (κ3) is 1.44. The summed E-state index contributed by atoms with van der Waals surface area (Å²) in [5, 5.41) is 0. The van der Waals surface area contributed by atoms with Crippen LogP contribution in [0.2, 0.25) is 0 Å². The molecule has 3 heteroatoms. The molecule has 0 fully saturated rings. The number of rotatable bonds is 1. The number of hydrogen-bond donors (Lipinski definition) is 1. The standard InChI is InChI=1S/C11H11N3/c1-8-9(5-7-14-11(8)12)10-4-2-3-6-13-10/h2-7H,1H3,(H2,12,14). The van der Waals surface area contributed by atoms with Gasteiger partial charge in [0.1, 0.15) is 5.82 Å². The van der Waals surface area contributed by atoms with Crippen molar-refractivity contribution in [3.05, 3.63) is 42.2 Å². The first-order valence-electron chi connectivity index (χ1n) is 4.41. The van der Waals surface area contributed by atoms with Gasteiger partial charge in [-0.25, -0.2) is 4.98 Å². The van der Waals surface area contributed by atoms with E-state index in [2.05, 4.69) is 9.97 Å². The molecule has 0 amide bonds. The van der Waals surface area contributed by atoms with Crippen molar-refractivity contribution < 1.29 is 0 Å². The van der Waals surface area contributed by atoms with E-state index in [1.165, 1.54) is 0 Å². The Balaban J connectivity index is 2.58. The van der Waals surface area contributed by atoms with Crippen LogP contribution in [-0.2, 0) is 0 Å². The fourth-order valence-corrected chi connectivity index (χ4v) is 1.35. The number of anilines is 1. The quantitative estimate of drug-likeness (QED) is 0.739. The van der Waals surface area contributed by atoms with E-state index < -0.39 is 0 Å². The van der Waals surface area contributed by atoms with Gasteiger partial charge in [-0.1, -0.05) is 6.07 Å². The number of aromatic nitrogens is 2. The minimum atomic E-state index is 0.563. The van der Waals surface area contributed by atoms with Crippen molar-refractivity contribution in [3.8, 4) is 11.3 Å². The molecule has 0 aliphatic rings. The lowest BCUT2D eigenvalue weighted by Crippen LogP contribution is -1.96. The number of nitrogen functional groups attached to an aromatic ring is 1. The zero-order chi connectivity index (χ0) is 9.97. The summed E-state index contributed by atoms with van der Waals surface area (Å²) in [6, 6.07) is 7.73. The summed E-state index contributed by atoms with van der Waals surface area (Å²) in [7, 11) is 0. The van der Waals surface area contributed by atoms with Crippen molar-refractivity contribution in [2.75, 3.05) is 5.73 Å². The normalized spacial score (nSPS) is 10.1. The lowest BCUT2D eigenvalue weighted by Gasteiger charge is -2.05. The van der Waals surface area contributed by atoms with Gasteiger partial charge in [0.2, 0.25) is 0 Å². The third-order valence-electron chi connectivity index (χ3n) is 2.18. The Morgan fingerprint density at radius 3 is 2.64 bits per heavy atom. The Hall–Kier alpha value is -1.90. The largest absolute Gasteiger partial charge is 0.383 e. The first-order valence-corrected chi connectivity index (χ1v) is 4.41. The molecule has 0 aliphatic heterocycles. The third-order valence-corrected chi connectivity index (χ3v) is 2.18. The molecule has 70 valence electrons. The molecule has 0 aliphatic carbocycles. The molecule has 0 atom stereocenters. The van der Waals surface area contributed by atoms with Crippen molar-refractivity contribution in [1.82, 2.24) is 9.97 Å². The molecule has 0 saturated carbocycles. The van der Waals surface area contributed by atoms with Crippen molar-refractivity contribution in [1.29, 1.82) is 0 Å². The predicted octanol–water partition coefficient (Wildman–Crippen LogP) is 2.03. The molecule has 14 heavy (non-hydrogen) atoms. The Kier molecular flexibility index (Phi) is 2.14. The first kappa shape index (κ1) is 8.69. The van der Waals surface area contributed by atoms with Gasteiger partial charge < -0.3 is 5.73 Å². The molecule has 3 nitrogen and oxygen atoms in total. The second kappa shape index (κ2) is 3.46. The summed E-state index contributed by atoms with van der Waals surface area (Å²) in [5.74, 6) is 0.563. The molecule has 0 spiro atoms. The molecule has 0 radical (unpaired) electrons. The molecular formula is C11H11N3. The molecule has 2 aromatic rings. The van der Waals surface area contributed by atoms with Gasteiger partial charge in [-0.15, -0.1) is 0 Å². The van der Waals surface area contributed by atoms with Crippen LogP contribution in [0, 0.1) is 6.92 Å². The molecule has 2 heterocycles. The van der Waals surface area contributed by atoms with Gasteiger partial charge in [0.25, 0.3) is 0 Å². The SMILES string of the molecule is Cc1c(-c2ccccn2)ccnc1N. The molecule has 0 saturated heterocycles. The summed E-state index contributed by atoms with van der Waals surface area (Å²) < 4.78 is 0. The average molecular weight is 185 g/mol. The summed E-state index contributed by atoms with van der Waals surface area (Å²) in [5.41, 5.74) is 8.67. The van der Waals surface area contributed by atoms with Crippen LogP contribution in [0.15, 0.2) is 36.7 Å². The van der Waals surface area contributed by atoms with Crippen LogP contribution in [-0.4, -0.2) is 9.97 Å². The maximum absolute atomic E-state index is 5.72. The van der Waals surface area contributed by atoms with Gasteiger partial charge in [0.05, 0.1) is 5.69 Å². The minimum absolute atomic E-state index is 0.563. The van der Waals surface area contributed by atoms with Crippen molar-refractivity contribution in [3.63, 3.8) is 0 Å². The minimum Gasteiger partial charge on any atom is -0.383 e. The summed E-state index contributed by atoms with van der Waals surface area (Å²) in [6.07, 6.45) is 3.47. The molecule has 0 unspecified atom stereocenters. The highest BCUT2D eigenvalue weighted by atomic mass is 14.8. The topological polar surface area (TPSA) is 51.8 Å². The Morgan fingerprint density at radius 2 is 1.93 bits per heavy atom. The van der Waals surface area contributed by atoms with E-state index in [0.29, 0.717) is 5.82 Å². The maximum atomic E-state index is 5.72. The fourth-order valence-electron chi connectivity index (χ4n) is 1.35. The summed E-state index contributed by atoms with van der Waals surface area (Å²) >= 11 is 0. The highest BCUT2D eigenvalue weighted by Gasteiger charge is 2.04. The molecule has 2 rings (SSSR count). The van der Waals surface area contributed by atoms with Crippen molar-refractivity contribution in [2.24, 2.45) is 0 Å². The highest BCUT2D eigenvalue weighted by molar-refractivity contribution is 5.67. The lowest BCUT2D eigenvalue weighted by atomic mass is 10.1. The van der Waals surface area contributed by atoms with Gasteiger partial charge in [-0.3, -0.25) is 4.98 Å². The van der Waals surface area contributed by atoms with E-state index >= 15 is 0 Å². The van der Waals surface area contributed by atoms with E-state index in [9.17, 15) is 0 Å². The molecular weight excluding hydrogens is 174 g/mol. The van der Waals surface area contributed by atoms with Gasteiger partial charge in [-0.2, -0.15) is 0 Å². The van der Waals surface area contributed by atoms with Gasteiger partial charge in [-0.05, 0) is 25.1 Å². The lowest BCUT2D eigenvalue weighted by molar-refractivity contribution is 1.25. The smallest absolute Gasteiger partial charge is 0.126 e. The number of nitrogens with zero attached hydrogens (tertiary/aromatic N) is 2. The number of pyridine rings is 2. The summed E-state index contributed by atoms with van der Waals surface area (Å²) in [6.45, 7) is 1.95. The van der Waals surface area contributed by atoms with E-state index in [1.807, 2.05) is 31.2 Å². The first-order chi connectivity index (χ1) is 6.79. The Morgan fingerprint density at radius 1 is 1.07 bits per heavy atom. The van der Waals surface area contributed by atoms with Crippen LogP contribution in [0.4, 0.5) is 5.82 Å². The van der Waals surface area contributed by atoms with E-state index in [0.717, 1.165) is 16.8 Å². The monoisotopic (exact) mass is 185 g/mol. The van der Waals surface area contributed by atoms with Crippen LogP contribution in [0.3, 0.4) is 0 Å².